The fourth-order valence-corrected chi connectivity index (χ4v) is 3.30. The van der Waals surface area contributed by atoms with Gasteiger partial charge in [0.2, 0.25) is 0 Å². The number of rotatable bonds is 3. The number of para-hydroxylation sites is 1. The molecule has 0 spiro atoms. The molecule has 3 heteroatoms. The van der Waals surface area contributed by atoms with E-state index in [2.05, 4.69) is 18.4 Å². The van der Waals surface area contributed by atoms with Gasteiger partial charge in [0.05, 0.1) is 11.2 Å². The number of pyridine rings is 1. The molecule has 2 aromatic rings. The molecule has 0 radical (unpaired) electrons. The highest BCUT2D eigenvalue weighted by Gasteiger charge is 2.22. The lowest BCUT2D eigenvalue weighted by molar-refractivity contribution is 0.650. The van der Waals surface area contributed by atoms with Crippen molar-refractivity contribution in [1.82, 2.24) is 4.57 Å². The molecule has 1 aromatic heterocycles. The summed E-state index contributed by atoms with van der Waals surface area (Å²) in [5, 5.41) is 0.834. The van der Waals surface area contributed by atoms with E-state index in [-0.39, 0.29) is 5.43 Å². The minimum Gasteiger partial charge on any atom is -0.340 e. The van der Waals surface area contributed by atoms with Crippen LogP contribution in [0, 0.1) is 0 Å². The molecule has 3 rings (SSSR count). The van der Waals surface area contributed by atoms with Crippen LogP contribution in [-0.4, -0.2) is 11.1 Å². The molecule has 21 heavy (non-hydrogen) atoms. The van der Waals surface area contributed by atoms with E-state index in [0.29, 0.717) is 6.54 Å². The zero-order valence-corrected chi connectivity index (χ0v) is 12.8. The minimum absolute atomic E-state index is 0.205. The van der Waals surface area contributed by atoms with Crippen LogP contribution in [-0.2, 0) is 13.0 Å². The van der Waals surface area contributed by atoms with E-state index in [0.717, 1.165) is 48.0 Å². The molecule has 0 aliphatic heterocycles. The zero-order chi connectivity index (χ0) is 15.0. The van der Waals surface area contributed by atoms with Crippen molar-refractivity contribution in [3.05, 3.63) is 51.3 Å². The van der Waals surface area contributed by atoms with Gasteiger partial charge in [0.25, 0.3) is 0 Å². The molecule has 1 aliphatic carbocycles. The second kappa shape index (κ2) is 5.49. The topological polar surface area (TPSA) is 48.0 Å². The van der Waals surface area contributed by atoms with Gasteiger partial charge in [-0.15, -0.1) is 0 Å². The van der Waals surface area contributed by atoms with Gasteiger partial charge in [-0.3, -0.25) is 4.79 Å². The van der Waals surface area contributed by atoms with Crippen LogP contribution in [0.2, 0.25) is 0 Å². The summed E-state index contributed by atoms with van der Waals surface area (Å²) in [7, 11) is 0. The molecule has 0 bridgehead atoms. The first-order chi connectivity index (χ1) is 10.1. The maximum atomic E-state index is 12.8. The van der Waals surface area contributed by atoms with Crippen LogP contribution in [0.25, 0.3) is 16.5 Å². The predicted molar refractivity (Wildman–Crippen MR) is 88.5 cm³/mol. The number of allylic oxidation sites excluding steroid dienone is 2. The number of hydrogen-bond donors (Lipinski definition) is 1. The average Bonchev–Trinajstić information content (AvgIpc) is 2.51. The third kappa shape index (κ3) is 2.22. The van der Waals surface area contributed by atoms with Crippen LogP contribution >= 0.6 is 0 Å². The molecular weight excluding hydrogens is 260 g/mol. The second-order valence-corrected chi connectivity index (χ2v) is 5.87. The summed E-state index contributed by atoms with van der Waals surface area (Å²) in [6.07, 6.45) is 2.76. The van der Waals surface area contributed by atoms with Gasteiger partial charge in [-0.1, -0.05) is 17.7 Å². The number of aromatic nitrogens is 1. The van der Waals surface area contributed by atoms with Crippen molar-refractivity contribution in [1.29, 1.82) is 0 Å². The van der Waals surface area contributed by atoms with Gasteiger partial charge in [0.15, 0.2) is 5.43 Å². The molecule has 0 atom stereocenters. The lowest BCUT2D eigenvalue weighted by atomic mass is 9.89. The van der Waals surface area contributed by atoms with Crippen LogP contribution in [0.4, 0.5) is 0 Å². The summed E-state index contributed by atoms with van der Waals surface area (Å²) >= 11 is 0. The van der Waals surface area contributed by atoms with Crippen LogP contribution in [0.15, 0.2) is 34.6 Å². The molecule has 110 valence electrons. The maximum Gasteiger partial charge on any atom is 0.193 e. The number of fused-ring (bicyclic) bond motifs is 2. The standard InChI is InChI=1S/C18H22N2O/c1-12-8-9-15-17(13(12)2)20(11-5-10-19)16-7-4-3-6-14(16)18(15)21/h3-4,6-7H,5,8-11,19H2,1-2H3. The molecule has 0 amide bonds. The summed E-state index contributed by atoms with van der Waals surface area (Å²) in [6, 6.07) is 7.93. The number of aryl methyl sites for hydroxylation is 1. The van der Waals surface area contributed by atoms with Crippen molar-refractivity contribution >= 4 is 16.5 Å². The number of nitrogens with two attached hydrogens (primary N) is 1. The summed E-state index contributed by atoms with van der Waals surface area (Å²) in [5.41, 5.74) is 11.7. The Kier molecular flexibility index (Phi) is 3.68. The van der Waals surface area contributed by atoms with E-state index >= 15 is 0 Å². The minimum atomic E-state index is 0.205. The molecule has 1 aliphatic rings. The molecule has 0 unspecified atom stereocenters. The van der Waals surface area contributed by atoms with Gasteiger partial charge in [-0.05, 0) is 57.4 Å². The Morgan fingerprint density at radius 1 is 1.19 bits per heavy atom. The van der Waals surface area contributed by atoms with Crippen LogP contribution in [0.1, 0.15) is 37.9 Å². The van der Waals surface area contributed by atoms with Gasteiger partial charge in [0.1, 0.15) is 0 Å². The second-order valence-electron chi connectivity index (χ2n) is 5.87. The van der Waals surface area contributed by atoms with E-state index in [4.69, 9.17) is 5.73 Å². The monoisotopic (exact) mass is 282 g/mol. The highest BCUT2D eigenvalue weighted by Crippen LogP contribution is 2.31. The zero-order valence-electron chi connectivity index (χ0n) is 12.8. The van der Waals surface area contributed by atoms with E-state index in [9.17, 15) is 4.79 Å². The van der Waals surface area contributed by atoms with Crippen LogP contribution < -0.4 is 11.2 Å². The van der Waals surface area contributed by atoms with Crippen molar-refractivity contribution in [2.75, 3.05) is 6.54 Å². The Hall–Kier alpha value is -1.87. The van der Waals surface area contributed by atoms with E-state index < -0.39 is 0 Å². The van der Waals surface area contributed by atoms with E-state index in [1.165, 1.54) is 11.1 Å². The molecule has 2 N–H and O–H groups in total. The Morgan fingerprint density at radius 3 is 2.71 bits per heavy atom. The Bertz CT molecular complexity index is 784. The molecule has 0 saturated heterocycles. The quantitative estimate of drug-likeness (QED) is 0.940. The molecule has 0 fully saturated rings. The molecule has 1 aromatic carbocycles. The largest absolute Gasteiger partial charge is 0.340 e. The van der Waals surface area contributed by atoms with E-state index in [1.807, 2.05) is 24.3 Å². The summed E-state index contributed by atoms with van der Waals surface area (Å²) in [4.78, 5) is 12.8. The first kappa shape index (κ1) is 14.1. The first-order valence-electron chi connectivity index (χ1n) is 7.66. The SMILES string of the molecule is CC1=C(C)c2c(c(=O)c3ccccc3n2CCCN)CC1. The molecular formula is C18H22N2O. The normalized spacial score (nSPS) is 14.6. The third-order valence-electron chi connectivity index (χ3n) is 4.60. The average molecular weight is 282 g/mol. The lowest BCUT2D eigenvalue weighted by Crippen LogP contribution is -2.23. The Balaban J connectivity index is 2.40. The molecule has 0 saturated carbocycles. The highest BCUT2D eigenvalue weighted by molar-refractivity contribution is 5.84. The van der Waals surface area contributed by atoms with Crippen LogP contribution in [0.3, 0.4) is 0 Å². The smallest absolute Gasteiger partial charge is 0.193 e. The van der Waals surface area contributed by atoms with Crippen molar-refractivity contribution in [3.63, 3.8) is 0 Å². The fourth-order valence-electron chi connectivity index (χ4n) is 3.30. The van der Waals surface area contributed by atoms with Crippen molar-refractivity contribution < 1.29 is 0 Å². The Labute approximate surface area is 125 Å². The van der Waals surface area contributed by atoms with E-state index in [1.54, 1.807) is 0 Å². The third-order valence-corrected chi connectivity index (χ3v) is 4.60. The van der Waals surface area contributed by atoms with Crippen molar-refractivity contribution in [2.24, 2.45) is 5.73 Å². The predicted octanol–water partition coefficient (Wildman–Crippen LogP) is 3.09. The van der Waals surface area contributed by atoms with Crippen molar-refractivity contribution in [3.8, 4) is 0 Å². The van der Waals surface area contributed by atoms with Gasteiger partial charge < -0.3 is 10.3 Å². The van der Waals surface area contributed by atoms with Gasteiger partial charge in [-0.25, -0.2) is 0 Å². The Morgan fingerprint density at radius 2 is 1.95 bits per heavy atom. The summed E-state index contributed by atoms with van der Waals surface area (Å²) in [6.45, 7) is 5.84. The summed E-state index contributed by atoms with van der Waals surface area (Å²) < 4.78 is 2.30. The lowest BCUT2D eigenvalue weighted by Gasteiger charge is -2.25. The molecule has 1 heterocycles. The van der Waals surface area contributed by atoms with Crippen LogP contribution in [0.5, 0.6) is 0 Å². The van der Waals surface area contributed by atoms with Gasteiger partial charge in [0, 0.05) is 17.5 Å². The fraction of sp³-hybridized carbons (Fsp3) is 0.389. The first-order valence-corrected chi connectivity index (χ1v) is 7.66. The number of benzene rings is 1. The number of nitrogens with zero attached hydrogens (tertiary/aromatic N) is 1. The maximum absolute atomic E-state index is 12.8. The van der Waals surface area contributed by atoms with Crippen molar-refractivity contribution in [2.45, 2.75) is 39.7 Å². The van der Waals surface area contributed by atoms with Gasteiger partial charge >= 0.3 is 0 Å². The van der Waals surface area contributed by atoms with Gasteiger partial charge in [-0.2, -0.15) is 0 Å². The number of hydrogen-bond acceptors (Lipinski definition) is 2. The summed E-state index contributed by atoms with van der Waals surface area (Å²) in [5.74, 6) is 0. The molecule has 3 nitrogen and oxygen atoms in total. The highest BCUT2D eigenvalue weighted by atomic mass is 16.1.